The first-order valence-corrected chi connectivity index (χ1v) is 5.57. The summed E-state index contributed by atoms with van der Waals surface area (Å²) in [7, 11) is 0. The zero-order chi connectivity index (χ0) is 11.4. The summed E-state index contributed by atoms with van der Waals surface area (Å²) < 4.78 is 0. The van der Waals surface area contributed by atoms with Crippen LogP contribution < -0.4 is 0 Å². The van der Waals surface area contributed by atoms with E-state index in [1.54, 1.807) is 12.1 Å². The molecule has 2 rings (SSSR count). The number of nitrogens with zero attached hydrogens (tertiary/aromatic N) is 1. The molecule has 0 spiro atoms. The SMILES string of the molecule is N#Cc1cc(O)ccc1Sc1ccccc1. The summed E-state index contributed by atoms with van der Waals surface area (Å²) in [6.45, 7) is 0. The predicted octanol–water partition coefficient (Wildman–Crippen LogP) is 3.42. The number of nitriles is 1. The van der Waals surface area contributed by atoms with Crippen LogP contribution in [-0.4, -0.2) is 5.11 Å². The molecular weight excluding hydrogens is 218 g/mol. The van der Waals surface area contributed by atoms with Crippen LogP contribution in [0.25, 0.3) is 0 Å². The van der Waals surface area contributed by atoms with Crippen LogP contribution in [0, 0.1) is 11.3 Å². The zero-order valence-corrected chi connectivity index (χ0v) is 9.24. The van der Waals surface area contributed by atoms with Crippen molar-refractivity contribution >= 4 is 11.8 Å². The van der Waals surface area contributed by atoms with Crippen molar-refractivity contribution in [1.29, 1.82) is 5.26 Å². The highest BCUT2D eigenvalue weighted by Crippen LogP contribution is 2.31. The molecule has 0 aliphatic carbocycles. The third kappa shape index (κ3) is 2.36. The fraction of sp³-hybridized carbons (Fsp3) is 0. The third-order valence-electron chi connectivity index (χ3n) is 2.05. The molecule has 0 heterocycles. The van der Waals surface area contributed by atoms with E-state index in [1.165, 1.54) is 17.8 Å². The molecule has 2 nitrogen and oxygen atoms in total. The quantitative estimate of drug-likeness (QED) is 0.855. The smallest absolute Gasteiger partial charge is 0.116 e. The molecule has 0 saturated carbocycles. The number of aromatic hydroxyl groups is 1. The van der Waals surface area contributed by atoms with E-state index in [-0.39, 0.29) is 5.75 Å². The molecule has 2 aromatic rings. The summed E-state index contributed by atoms with van der Waals surface area (Å²) in [5, 5.41) is 18.2. The molecule has 1 N–H and O–H groups in total. The van der Waals surface area contributed by atoms with Crippen molar-refractivity contribution in [2.45, 2.75) is 9.79 Å². The molecule has 0 aliphatic rings. The highest BCUT2D eigenvalue weighted by molar-refractivity contribution is 7.99. The van der Waals surface area contributed by atoms with Gasteiger partial charge in [0.05, 0.1) is 5.56 Å². The topological polar surface area (TPSA) is 44.0 Å². The molecule has 78 valence electrons. The maximum absolute atomic E-state index is 9.27. The van der Waals surface area contributed by atoms with Gasteiger partial charge in [-0.05, 0) is 30.3 Å². The summed E-state index contributed by atoms with van der Waals surface area (Å²) in [5.74, 6) is 0.119. The first-order valence-electron chi connectivity index (χ1n) is 4.75. The molecule has 0 unspecified atom stereocenters. The van der Waals surface area contributed by atoms with Gasteiger partial charge in [-0.1, -0.05) is 30.0 Å². The van der Waals surface area contributed by atoms with Crippen molar-refractivity contribution in [2.75, 3.05) is 0 Å². The Balaban J connectivity index is 2.32. The van der Waals surface area contributed by atoms with E-state index < -0.39 is 0 Å². The first-order chi connectivity index (χ1) is 7.79. The lowest BCUT2D eigenvalue weighted by molar-refractivity contribution is 0.474. The van der Waals surface area contributed by atoms with Crippen molar-refractivity contribution in [3.05, 3.63) is 54.1 Å². The van der Waals surface area contributed by atoms with E-state index in [1.807, 2.05) is 30.3 Å². The zero-order valence-electron chi connectivity index (χ0n) is 8.42. The molecule has 0 atom stereocenters. The fourth-order valence-electron chi connectivity index (χ4n) is 1.31. The van der Waals surface area contributed by atoms with Crippen LogP contribution in [0.1, 0.15) is 5.56 Å². The van der Waals surface area contributed by atoms with Gasteiger partial charge in [-0.2, -0.15) is 5.26 Å². The molecule has 0 saturated heterocycles. The Morgan fingerprint density at radius 2 is 1.81 bits per heavy atom. The molecule has 0 fully saturated rings. The Labute approximate surface area is 98.2 Å². The Morgan fingerprint density at radius 3 is 2.50 bits per heavy atom. The fourth-order valence-corrected chi connectivity index (χ4v) is 2.21. The van der Waals surface area contributed by atoms with Gasteiger partial charge in [0.15, 0.2) is 0 Å². The van der Waals surface area contributed by atoms with Gasteiger partial charge in [-0.3, -0.25) is 0 Å². The van der Waals surface area contributed by atoms with E-state index in [9.17, 15) is 5.11 Å². The van der Waals surface area contributed by atoms with Gasteiger partial charge >= 0.3 is 0 Å². The largest absolute Gasteiger partial charge is 0.508 e. The molecule has 16 heavy (non-hydrogen) atoms. The van der Waals surface area contributed by atoms with Crippen LogP contribution in [0.5, 0.6) is 5.75 Å². The summed E-state index contributed by atoms with van der Waals surface area (Å²) in [4.78, 5) is 1.93. The average Bonchev–Trinajstić information content (AvgIpc) is 2.33. The Kier molecular flexibility index (Phi) is 3.13. The Morgan fingerprint density at radius 1 is 1.06 bits per heavy atom. The van der Waals surface area contributed by atoms with E-state index in [4.69, 9.17) is 5.26 Å². The lowest BCUT2D eigenvalue weighted by Gasteiger charge is -2.03. The molecule has 3 heteroatoms. The predicted molar refractivity (Wildman–Crippen MR) is 63.4 cm³/mol. The first kappa shape index (κ1) is 10.6. The Hall–Kier alpha value is -1.92. The minimum Gasteiger partial charge on any atom is -0.508 e. The highest BCUT2D eigenvalue weighted by atomic mass is 32.2. The van der Waals surface area contributed by atoms with E-state index >= 15 is 0 Å². The summed E-state index contributed by atoms with van der Waals surface area (Å²) in [6, 6.07) is 16.7. The second kappa shape index (κ2) is 4.73. The molecular formula is C13H9NOS. The standard InChI is InChI=1S/C13H9NOS/c14-9-10-8-11(15)6-7-13(10)16-12-4-2-1-3-5-12/h1-8,15H. The van der Waals surface area contributed by atoms with Crippen molar-refractivity contribution in [2.24, 2.45) is 0 Å². The number of benzene rings is 2. The second-order valence-corrected chi connectivity index (χ2v) is 4.32. The monoisotopic (exact) mass is 227 g/mol. The number of phenolic OH excluding ortho intramolecular Hbond substituents is 1. The molecule has 0 amide bonds. The third-order valence-corrected chi connectivity index (χ3v) is 3.14. The van der Waals surface area contributed by atoms with E-state index in [0.29, 0.717) is 5.56 Å². The van der Waals surface area contributed by atoms with Crippen LogP contribution in [-0.2, 0) is 0 Å². The van der Waals surface area contributed by atoms with Gasteiger partial charge in [-0.25, -0.2) is 0 Å². The average molecular weight is 227 g/mol. The number of hydrogen-bond donors (Lipinski definition) is 1. The molecule has 0 bridgehead atoms. The van der Waals surface area contributed by atoms with Gasteiger partial charge in [0.2, 0.25) is 0 Å². The van der Waals surface area contributed by atoms with Gasteiger partial charge in [0.25, 0.3) is 0 Å². The van der Waals surface area contributed by atoms with Gasteiger partial charge in [0.1, 0.15) is 11.8 Å². The lowest BCUT2D eigenvalue weighted by Crippen LogP contribution is -1.80. The lowest BCUT2D eigenvalue weighted by atomic mass is 10.2. The minimum atomic E-state index is 0.119. The minimum absolute atomic E-state index is 0.119. The second-order valence-electron chi connectivity index (χ2n) is 3.21. The van der Waals surface area contributed by atoms with Gasteiger partial charge in [0, 0.05) is 9.79 Å². The van der Waals surface area contributed by atoms with Crippen molar-refractivity contribution in [3.63, 3.8) is 0 Å². The molecule has 0 aliphatic heterocycles. The maximum Gasteiger partial charge on any atom is 0.116 e. The van der Waals surface area contributed by atoms with Gasteiger partial charge < -0.3 is 5.11 Å². The Bertz CT molecular complexity index is 531. The summed E-state index contributed by atoms with van der Waals surface area (Å²) in [6.07, 6.45) is 0. The van der Waals surface area contributed by atoms with Gasteiger partial charge in [-0.15, -0.1) is 0 Å². The maximum atomic E-state index is 9.27. The van der Waals surface area contributed by atoms with Crippen molar-refractivity contribution in [3.8, 4) is 11.8 Å². The van der Waals surface area contributed by atoms with Crippen LogP contribution in [0.3, 0.4) is 0 Å². The summed E-state index contributed by atoms with van der Waals surface area (Å²) in [5.41, 5.74) is 0.494. The van der Waals surface area contributed by atoms with Crippen LogP contribution in [0.2, 0.25) is 0 Å². The van der Waals surface area contributed by atoms with Crippen LogP contribution >= 0.6 is 11.8 Å². The van der Waals surface area contributed by atoms with Crippen molar-refractivity contribution < 1.29 is 5.11 Å². The molecule has 2 aromatic carbocycles. The van der Waals surface area contributed by atoms with Crippen LogP contribution in [0.4, 0.5) is 0 Å². The number of hydrogen-bond acceptors (Lipinski definition) is 3. The normalized spacial score (nSPS) is 9.69. The van der Waals surface area contributed by atoms with Crippen molar-refractivity contribution in [1.82, 2.24) is 0 Å². The molecule has 0 aromatic heterocycles. The highest BCUT2D eigenvalue weighted by Gasteiger charge is 2.04. The van der Waals surface area contributed by atoms with E-state index in [0.717, 1.165) is 9.79 Å². The van der Waals surface area contributed by atoms with E-state index in [2.05, 4.69) is 6.07 Å². The summed E-state index contributed by atoms with van der Waals surface area (Å²) >= 11 is 1.51. The molecule has 0 radical (unpaired) electrons. The number of phenols is 1. The van der Waals surface area contributed by atoms with Crippen LogP contribution in [0.15, 0.2) is 58.3 Å². The number of rotatable bonds is 2.